The van der Waals surface area contributed by atoms with Crippen LogP contribution in [0.15, 0.2) is 40.8 Å². The van der Waals surface area contributed by atoms with Gasteiger partial charge in [-0.15, -0.1) is 0 Å². The van der Waals surface area contributed by atoms with Crippen molar-refractivity contribution in [2.45, 2.75) is 6.92 Å². The second-order valence-corrected chi connectivity index (χ2v) is 5.98. The van der Waals surface area contributed by atoms with E-state index in [2.05, 4.69) is 9.97 Å². The third kappa shape index (κ3) is 2.45. The third-order valence-electron chi connectivity index (χ3n) is 4.22. The zero-order valence-electron chi connectivity index (χ0n) is 14.2. The highest BCUT2D eigenvalue weighted by molar-refractivity contribution is 6.14. The number of nitrogens with zero attached hydrogens (tertiary/aromatic N) is 3. The SMILES string of the molecule is Cc1ccc(-c2nc(N)nc3c2C(=O)N(C)/C3=C/c2ccccc2F)o1. The molecule has 6 nitrogen and oxygen atoms in total. The van der Waals surface area contributed by atoms with E-state index < -0.39 is 5.82 Å². The predicted octanol–water partition coefficient (Wildman–Crippen LogP) is 3.35. The summed E-state index contributed by atoms with van der Waals surface area (Å²) in [7, 11) is 1.60. The van der Waals surface area contributed by atoms with Crippen LogP contribution in [-0.2, 0) is 0 Å². The van der Waals surface area contributed by atoms with Crippen LogP contribution in [-0.4, -0.2) is 27.8 Å². The molecule has 3 aromatic rings. The molecular formula is C19H15FN4O2. The Kier molecular flexibility index (Phi) is 3.57. The molecule has 1 amide bonds. The molecule has 0 saturated heterocycles. The van der Waals surface area contributed by atoms with Gasteiger partial charge in [0.15, 0.2) is 5.76 Å². The fourth-order valence-electron chi connectivity index (χ4n) is 2.95. The minimum Gasteiger partial charge on any atom is -0.460 e. The van der Waals surface area contributed by atoms with Crippen LogP contribution in [0, 0.1) is 12.7 Å². The number of furan rings is 1. The average Bonchev–Trinajstić information content (AvgIpc) is 3.14. The minimum absolute atomic E-state index is 0.00957. The van der Waals surface area contributed by atoms with Crippen LogP contribution in [0.2, 0.25) is 0 Å². The molecule has 0 radical (unpaired) electrons. The molecule has 0 unspecified atom stereocenters. The molecule has 1 aliphatic heterocycles. The minimum atomic E-state index is -0.391. The van der Waals surface area contributed by atoms with Gasteiger partial charge in [-0.2, -0.15) is 0 Å². The first-order chi connectivity index (χ1) is 12.5. The number of nitrogens with two attached hydrogens (primary N) is 1. The lowest BCUT2D eigenvalue weighted by molar-refractivity contribution is 0.0875. The normalized spacial score (nSPS) is 15.0. The zero-order chi connectivity index (χ0) is 18.4. The Hall–Kier alpha value is -3.48. The van der Waals surface area contributed by atoms with Crippen molar-refractivity contribution in [3.8, 4) is 11.5 Å². The summed E-state index contributed by atoms with van der Waals surface area (Å²) in [5, 5.41) is 0. The van der Waals surface area contributed by atoms with Crippen molar-refractivity contribution in [3.63, 3.8) is 0 Å². The summed E-state index contributed by atoms with van der Waals surface area (Å²) >= 11 is 0. The Morgan fingerprint density at radius 1 is 1.15 bits per heavy atom. The molecule has 2 aromatic heterocycles. The second-order valence-electron chi connectivity index (χ2n) is 5.98. The first-order valence-corrected chi connectivity index (χ1v) is 7.94. The zero-order valence-corrected chi connectivity index (χ0v) is 14.2. The van der Waals surface area contributed by atoms with Crippen LogP contribution in [0.5, 0.6) is 0 Å². The maximum Gasteiger partial charge on any atom is 0.262 e. The summed E-state index contributed by atoms with van der Waals surface area (Å²) in [6.07, 6.45) is 1.57. The first-order valence-electron chi connectivity index (χ1n) is 7.94. The van der Waals surface area contributed by atoms with Crippen LogP contribution in [0.1, 0.15) is 27.4 Å². The van der Waals surface area contributed by atoms with Crippen LogP contribution in [0.3, 0.4) is 0 Å². The van der Waals surface area contributed by atoms with Crippen LogP contribution >= 0.6 is 0 Å². The molecule has 1 aliphatic rings. The number of aryl methyl sites for hydroxylation is 1. The van der Waals surface area contributed by atoms with E-state index in [9.17, 15) is 9.18 Å². The molecule has 0 bridgehead atoms. The molecule has 0 fully saturated rings. The van der Waals surface area contributed by atoms with Crippen LogP contribution in [0.4, 0.5) is 10.3 Å². The number of anilines is 1. The molecule has 2 N–H and O–H groups in total. The monoisotopic (exact) mass is 350 g/mol. The number of amides is 1. The van der Waals surface area contributed by atoms with E-state index >= 15 is 0 Å². The van der Waals surface area contributed by atoms with Gasteiger partial charge < -0.3 is 15.1 Å². The maximum absolute atomic E-state index is 14.0. The van der Waals surface area contributed by atoms with E-state index in [1.807, 2.05) is 0 Å². The fraction of sp³-hybridized carbons (Fsp3) is 0.105. The van der Waals surface area contributed by atoms with Gasteiger partial charge in [-0.3, -0.25) is 4.79 Å². The Labute approximate surface area is 148 Å². The lowest BCUT2D eigenvalue weighted by Crippen LogP contribution is -2.17. The van der Waals surface area contributed by atoms with Gasteiger partial charge in [0.25, 0.3) is 5.91 Å². The van der Waals surface area contributed by atoms with Gasteiger partial charge in [0.2, 0.25) is 5.95 Å². The van der Waals surface area contributed by atoms with Gasteiger partial charge >= 0.3 is 0 Å². The first kappa shape index (κ1) is 16.0. The molecule has 130 valence electrons. The number of nitrogen functional groups attached to an aromatic ring is 1. The molecule has 4 rings (SSSR count). The Morgan fingerprint density at radius 3 is 2.58 bits per heavy atom. The maximum atomic E-state index is 14.0. The predicted molar refractivity (Wildman–Crippen MR) is 95.2 cm³/mol. The van der Waals surface area contributed by atoms with Crippen LogP contribution in [0.25, 0.3) is 23.2 Å². The highest BCUT2D eigenvalue weighted by atomic mass is 19.1. The molecule has 3 heterocycles. The number of benzene rings is 1. The van der Waals surface area contributed by atoms with E-state index in [1.165, 1.54) is 11.0 Å². The number of carbonyl (C=O) groups excluding carboxylic acids is 1. The van der Waals surface area contributed by atoms with Gasteiger partial charge in [-0.1, -0.05) is 18.2 Å². The third-order valence-corrected chi connectivity index (χ3v) is 4.22. The number of aromatic nitrogens is 2. The lowest BCUT2D eigenvalue weighted by atomic mass is 10.1. The highest BCUT2D eigenvalue weighted by Gasteiger charge is 2.36. The van der Waals surface area contributed by atoms with Crippen molar-refractivity contribution in [1.82, 2.24) is 14.9 Å². The summed E-state index contributed by atoms with van der Waals surface area (Å²) in [6.45, 7) is 1.80. The van der Waals surface area contributed by atoms with Gasteiger partial charge in [0.1, 0.15) is 23.0 Å². The van der Waals surface area contributed by atoms with E-state index in [1.54, 1.807) is 50.4 Å². The standard InChI is InChI=1S/C19H15FN4O2/c1-10-7-8-14(26-10)17-15-16(22-19(21)23-17)13(24(2)18(15)25)9-11-5-3-4-6-12(11)20/h3-9H,1-2H3,(H2,21,22,23)/b13-9+. The Balaban J connectivity index is 1.95. The van der Waals surface area contributed by atoms with Gasteiger partial charge in [0, 0.05) is 12.6 Å². The van der Waals surface area contributed by atoms with E-state index in [-0.39, 0.29) is 11.9 Å². The van der Waals surface area contributed by atoms with Crippen molar-refractivity contribution in [2.75, 3.05) is 12.8 Å². The fourth-order valence-corrected chi connectivity index (χ4v) is 2.95. The average molecular weight is 350 g/mol. The molecule has 0 spiro atoms. The van der Waals surface area contributed by atoms with E-state index in [0.29, 0.717) is 39.7 Å². The van der Waals surface area contributed by atoms with Gasteiger partial charge in [-0.25, -0.2) is 14.4 Å². The Bertz CT molecular complexity index is 1070. The van der Waals surface area contributed by atoms with E-state index in [0.717, 1.165) is 0 Å². The van der Waals surface area contributed by atoms with E-state index in [4.69, 9.17) is 10.2 Å². The smallest absolute Gasteiger partial charge is 0.262 e. The molecule has 26 heavy (non-hydrogen) atoms. The number of rotatable bonds is 2. The summed E-state index contributed by atoms with van der Waals surface area (Å²) in [5.41, 5.74) is 7.64. The van der Waals surface area contributed by atoms with Crippen molar-refractivity contribution >= 4 is 23.6 Å². The number of hydrogen-bond acceptors (Lipinski definition) is 5. The second kappa shape index (κ2) is 5.80. The number of fused-ring (bicyclic) bond motifs is 1. The number of halogens is 1. The van der Waals surface area contributed by atoms with Crippen molar-refractivity contribution in [3.05, 3.63) is 64.8 Å². The lowest BCUT2D eigenvalue weighted by Gasteiger charge is -2.10. The molecule has 0 atom stereocenters. The molecular weight excluding hydrogens is 335 g/mol. The summed E-state index contributed by atoms with van der Waals surface area (Å²) < 4.78 is 19.7. The Morgan fingerprint density at radius 2 is 1.88 bits per heavy atom. The highest BCUT2D eigenvalue weighted by Crippen LogP contribution is 2.37. The number of carbonyl (C=O) groups is 1. The quantitative estimate of drug-likeness (QED) is 0.766. The molecule has 0 saturated carbocycles. The summed E-state index contributed by atoms with van der Waals surface area (Å²) in [5.74, 6) is 0.439. The van der Waals surface area contributed by atoms with Crippen molar-refractivity contribution in [1.29, 1.82) is 0 Å². The number of hydrogen-bond donors (Lipinski definition) is 1. The summed E-state index contributed by atoms with van der Waals surface area (Å²) in [6, 6.07) is 9.81. The summed E-state index contributed by atoms with van der Waals surface area (Å²) in [4.78, 5) is 22.7. The topological polar surface area (TPSA) is 85.2 Å². The van der Waals surface area contributed by atoms with Gasteiger partial charge in [0.05, 0.1) is 11.3 Å². The molecule has 7 heteroatoms. The van der Waals surface area contributed by atoms with Crippen molar-refractivity contribution < 1.29 is 13.6 Å². The largest absolute Gasteiger partial charge is 0.460 e. The molecule has 1 aromatic carbocycles. The van der Waals surface area contributed by atoms with Gasteiger partial charge in [-0.05, 0) is 31.2 Å². The molecule has 0 aliphatic carbocycles. The van der Waals surface area contributed by atoms with Crippen molar-refractivity contribution in [2.24, 2.45) is 0 Å². The van der Waals surface area contributed by atoms with Crippen LogP contribution < -0.4 is 5.73 Å².